The smallest absolute Gasteiger partial charge is 0.324 e. The number of carbonyl (C=O) groups excluding carboxylic acids is 1. The standard InChI is InChI=1S/C17H26N4O3S2/c22-14(23)11-25-17-20-19-15(26-17)18-16(24)21(12-7-3-1-4-8-12)13-9-5-2-6-10-13/h12-13H,1-11H2,(H,22,23)(H,18,19,24). The molecule has 2 fully saturated rings. The Hall–Kier alpha value is -1.35. The largest absolute Gasteiger partial charge is 0.481 e. The lowest BCUT2D eigenvalue weighted by molar-refractivity contribution is -0.133. The highest BCUT2D eigenvalue weighted by Crippen LogP contribution is 2.31. The third kappa shape index (κ3) is 5.33. The van der Waals surface area contributed by atoms with Gasteiger partial charge in [0.05, 0.1) is 5.75 Å². The van der Waals surface area contributed by atoms with E-state index in [0.717, 1.165) is 37.4 Å². The van der Waals surface area contributed by atoms with E-state index in [9.17, 15) is 9.59 Å². The number of rotatable bonds is 6. The quantitative estimate of drug-likeness (QED) is 0.550. The van der Waals surface area contributed by atoms with Gasteiger partial charge in [-0.25, -0.2) is 4.79 Å². The number of carboxylic acids is 1. The van der Waals surface area contributed by atoms with Gasteiger partial charge in [-0.3, -0.25) is 10.1 Å². The zero-order valence-corrected chi connectivity index (χ0v) is 16.5. The van der Waals surface area contributed by atoms with Crippen molar-refractivity contribution in [3.63, 3.8) is 0 Å². The Bertz CT molecular complexity index is 595. The number of carboxylic acid groups (broad SMARTS) is 1. The topological polar surface area (TPSA) is 95.4 Å². The zero-order valence-electron chi connectivity index (χ0n) is 14.9. The molecule has 144 valence electrons. The first-order valence-electron chi connectivity index (χ1n) is 9.41. The highest BCUT2D eigenvalue weighted by Gasteiger charge is 2.32. The molecule has 26 heavy (non-hydrogen) atoms. The molecule has 2 aliphatic rings. The summed E-state index contributed by atoms with van der Waals surface area (Å²) in [5.41, 5.74) is 0. The van der Waals surface area contributed by atoms with E-state index in [2.05, 4.69) is 20.4 Å². The van der Waals surface area contributed by atoms with E-state index in [1.165, 1.54) is 49.9 Å². The lowest BCUT2D eigenvalue weighted by Gasteiger charge is -2.41. The molecule has 2 aliphatic carbocycles. The van der Waals surface area contributed by atoms with Gasteiger partial charge in [-0.2, -0.15) is 0 Å². The number of urea groups is 1. The number of aromatic nitrogens is 2. The molecule has 0 saturated heterocycles. The van der Waals surface area contributed by atoms with Crippen LogP contribution in [0.2, 0.25) is 0 Å². The van der Waals surface area contributed by atoms with Crippen molar-refractivity contribution in [2.75, 3.05) is 11.1 Å². The molecule has 1 aromatic heterocycles. The van der Waals surface area contributed by atoms with Crippen LogP contribution in [-0.2, 0) is 4.79 Å². The van der Waals surface area contributed by atoms with Gasteiger partial charge in [0.1, 0.15) is 0 Å². The van der Waals surface area contributed by atoms with E-state index in [4.69, 9.17) is 5.11 Å². The molecular formula is C17H26N4O3S2. The normalized spacial score (nSPS) is 19.2. The molecule has 2 saturated carbocycles. The molecule has 2 N–H and O–H groups in total. The summed E-state index contributed by atoms with van der Waals surface area (Å²) in [7, 11) is 0. The molecule has 0 aliphatic heterocycles. The molecule has 0 aromatic carbocycles. The van der Waals surface area contributed by atoms with Gasteiger partial charge in [0, 0.05) is 12.1 Å². The van der Waals surface area contributed by atoms with Crippen molar-refractivity contribution in [3.8, 4) is 0 Å². The Labute approximate surface area is 161 Å². The number of nitrogens with zero attached hydrogens (tertiary/aromatic N) is 3. The fraction of sp³-hybridized carbons (Fsp3) is 0.765. The van der Waals surface area contributed by atoms with Crippen molar-refractivity contribution in [1.82, 2.24) is 15.1 Å². The van der Waals surface area contributed by atoms with Crippen LogP contribution >= 0.6 is 23.1 Å². The van der Waals surface area contributed by atoms with Crippen LogP contribution in [0.4, 0.5) is 9.93 Å². The predicted molar refractivity (Wildman–Crippen MR) is 103 cm³/mol. The van der Waals surface area contributed by atoms with Crippen molar-refractivity contribution in [2.24, 2.45) is 0 Å². The second kappa shape index (κ2) is 9.55. The first kappa shape index (κ1) is 19.4. The molecule has 0 bridgehead atoms. The molecular weight excluding hydrogens is 372 g/mol. The summed E-state index contributed by atoms with van der Waals surface area (Å²) in [6.45, 7) is 0. The van der Waals surface area contributed by atoms with E-state index in [1.54, 1.807) is 0 Å². The fourth-order valence-corrected chi connectivity index (χ4v) is 5.41. The van der Waals surface area contributed by atoms with Crippen LogP contribution in [0.25, 0.3) is 0 Å². The summed E-state index contributed by atoms with van der Waals surface area (Å²) in [4.78, 5) is 25.8. The number of hydrogen-bond donors (Lipinski definition) is 2. The number of amides is 2. The Morgan fingerprint density at radius 2 is 1.62 bits per heavy atom. The van der Waals surface area contributed by atoms with Crippen molar-refractivity contribution in [3.05, 3.63) is 0 Å². The van der Waals surface area contributed by atoms with Gasteiger partial charge in [-0.1, -0.05) is 61.6 Å². The number of thioether (sulfide) groups is 1. The van der Waals surface area contributed by atoms with Crippen molar-refractivity contribution < 1.29 is 14.7 Å². The maximum absolute atomic E-state index is 13.0. The van der Waals surface area contributed by atoms with Gasteiger partial charge < -0.3 is 10.0 Å². The average Bonchev–Trinajstić information content (AvgIpc) is 3.09. The van der Waals surface area contributed by atoms with Crippen LogP contribution < -0.4 is 5.32 Å². The van der Waals surface area contributed by atoms with Crippen LogP contribution in [0, 0.1) is 0 Å². The SMILES string of the molecule is O=C(O)CSc1nnc(NC(=O)N(C2CCCCC2)C2CCCCC2)s1. The Balaban J connectivity index is 1.65. The summed E-state index contributed by atoms with van der Waals surface area (Å²) in [6.07, 6.45) is 11.6. The molecule has 7 nitrogen and oxygen atoms in total. The number of anilines is 1. The van der Waals surface area contributed by atoms with Gasteiger partial charge in [-0.15, -0.1) is 10.2 Å². The minimum Gasteiger partial charge on any atom is -0.481 e. The van der Waals surface area contributed by atoms with Gasteiger partial charge in [-0.05, 0) is 25.7 Å². The van der Waals surface area contributed by atoms with Gasteiger partial charge >= 0.3 is 12.0 Å². The van der Waals surface area contributed by atoms with Crippen LogP contribution in [-0.4, -0.2) is 50.0 Å². The average molecular weight is 399 g/mol. The predicted octanol–water partition coefficient (Wildman–Crippen LogP) is 4.21. The number of nitrogens with one attached hydrogen (secondary N) is 1. The lowest BCUT2D eigenvalue weighted by atomic mass is 9.89. The first-order chi connectivity index (χ1) is 12.6. The molecule has 3 rings (SSSR count). The fourth-order valence-electron chi connectivity index (χ4n) is 3.95. The maximum atomic E-state index is 13.0. The summed E-state index contributed by atoms with van der Waals surface area (Å²) in [5, 5.41) is 20.1. The van der Waals surface area contributed by atoms with Crippen molar-refractivity contribution in [1.29, 1.82) is 0 Å². The summed E-state index contributed by atoms with van der Waals surface area (Å²) in [6, 6.07) is 0.566. The molecule has 0 atom stereocenters. The maximum Gasteiger partial charge on any atom is 0.324 e. The second-order valence-corrected chi connectivity index (χ2v) is 9.18. The molecule has 0 spiro atoms. The van der Waals surface area contributed by atoms with E-state index >= 15 is 0 Å². The monoisotopic (exact) mass is 398 g/mol. The van der Waals surface area contributed by atoms with Gasteiger partial charge in [0.25, 0.3) is 0 Å². The molecule has 1 aromatic rings. The number of carbonyl (C=O) groups is 2. The van der Waals surface area contributed by atoms with E-state index < -0.39 is 5.97 Å². The lowest BCUT2D eigenvalue weighted by Crippen LogP contribution is -2.50. The van der Waals surface area contributed by atoms with E-state index in [1.807, 2.05) is 0 Å². The van der Waals surface area contributed by atoms with Crippen LogP contribution in [0.3, 0.4) is 0 Å². The summed E-state index contributed by atoms with van der Waals surface area (Å²) >= 11 is 2.35. The third-order valence-electron chi connectivity index (χ3n) is 5.11. The highest BCUT2D eigenvalue weighted by molar-refractivity contribution is 8.01. The Morgan fingerprint density at radius 3 is 2.15 bits per heavy atom. The number of hydrogen-bond acceptors (Lipinski definition) is 6. The Kier molecular flexibility index (Phi) is 7.13. The Morgan fingerprint density at radius 1 is 1.04 bits per heavy atom. The highest BCUT2D eigenvalue weighted by atomic mass is 32.2. The summed E-state index contributed by atoms with van der Waals surface area (Å²) < 4.78 is 0.560. The van der Waals surface area contributed by atoms with Crippen LogP contribution in [0.1, 0.15) is 64.2 Å². The molecule has 9 heteroatoms. The number of aliphatic carboxylic acids is 1. The van der Waals surface area contributed by atoms with Gasteiger partial charge in [0.15, 0.2) is 4.34 Å². The first-order valence-corrected chi connectivity index (χ1v) is 11.2. The van der Waals surface area contributed by atoms with E-state index in [0.29, 0.717) is 21.6 Å². The summed E-state index contributed by atoms with van der Waals surface area (Å²) in [5.74, 6) is -0.949. The zero-order chi connectivity index (χ0) is 18.4. The van der Waals surface area contributed by atoms with Crippen LogP contribution in [0.5, 0.6) is 0 Å². The van der Waals surface area contributed by atoms with Gasteiger partial charge in [0.2, 0.25) is 5.13 Å². The molecule has 0 unspecified atom stereocenters. The third-order valence-corrected chi connectivity index (χ3v) is 7.07. The minimum absolute atomic E-state index is 0.0567. The van der Waals surface area contributed by atoms with E-state index in [-0.39, 0.29) is 11.8 Å². The second-order valence-electron chi connectivity index (χ2n) is 6.98. The van der Waals surface area contributed by atoms with Crippen molar-refractivity contribution >= 4 is 40.2 Å². The molecule has 0 radical (unpaired) electrons. The van der Waals surface area contributed by atoms with Crippen LogP contribution in [0.15, 0.2) is 4.34 Å². The van der Waals surface area contributed by atoms with Crippen molar-refractivity contribution in [2.45, 2.75) is 80.6 Å². The molecule has 1 heterocycles. The minimum atomic E-state index is -0.892. The molecule has 2 amide bonds.